The lowest BCUT2D eigenvalue weighted by atomic mass is 10.1. The van der Waals surface area contributed by atoms with E-state index in [1.165, 1.54) is 0 Å². The molecule has 0 bridgehead atoms. The second-order valence-corrected chi connectivity index (χ2v) is 3.66. The Bertz CT molecular complexity index is 444. The van der Waals surface area contributed by atoms with Crippen LogP contribution < -0.4 is 0 Å². The van der Waals surface area contributed by atoms with Crippen molar-refractivity contribution in [3.8, 4) is 0 Å². The SMILES string of the molecule is CCn1nnc2cnc(C(C)C)cc21. The van der Waals surface area contributed by atoms with Gasteiger partial charge in [-0.25, -0.2) is 4.68 Å². The summed E-state index contributed by atoms with van der Waals surface area (Å²) in [4.78, 5) is 4.34. The van der Waals surface area contributed by atoms with E-state index < -0.39 is 0 Å². The molecule has 0 unspecified atom stereocenters. The van der Waals surface area contributed by atoms with Gasteiger partial charge in [-0.2, -0.15) is 0 Å². The minimum absolute atomic E-state index is 0.444. The molecule has 0 aliphatic carbocycles. The molecule has 0 aromatic carbocycles. The highest BCUT2D eigenvalue weighted by Crippen LogP contribution is 2.16. The molecule has 0 aliphatic heterocycles. The Balaban J connectivity index is 2.61. The van der Waals surface area contributed by atoms with Gasteiger partial charge in [0.2, 0.25) is 0 Å². The third kappa shape index (κ3) is 1.36. The van der Waals surface area contributed by atoms with Crippen molar-refractivity contribution in [2.45, 2.75) is 33.2 Å². The predicted molar refractivity (Wildman–Crippen MR) is 55.1 cm³/mol. The van der Waals surface area contributed by atoms with Crippen molar-refractivity contribution in [3.05, 3.63) is 18.0 Å². The molecule has 0 aliphatic rings. The molecule has 2 aromatic heterocycles. The van der Waals surface area contributed by atoms with Crippen molar-refractivity contribution in [1.82, 2.24) is 20.0 Å². The third-order valence-electron chi connectivity index (χ3n) is 2.31. The van der Waals surface area contributed by atoms with E-state index in [4.69, 9.17) is 0 Å². The number of fused-ring (bicyclic) bond motifs is 1. The molecular formula is C10H14N4. The van der Waals surface area contributed by atoms with Crippen LogP contribution in [0.1, 0.15) is 32.4 Å². The molecule has 0 N–H and O–H groups in total. The Kier molecular flexibility index (Phi) is 2.19. The zero-order valence-corrected chi connectivity index (χ0v) is 8.73. The predicted octanol–water partition coefficient (Wildman–Crippen LogP) is 1.97. The van der Waals surface area contributed by atoms with Crippen molar-refractivity contribution in [2.24, 2.45) is 0 Å². The van der Waals surface area contributed by atoms with Gasteiger partial charge in [-0.15, -0.1) is 5.10 Å². The van der Waals surface area contributed by atoms with Crippen molar-refractivity contribution < 1.29 is 0 Å². The van der Waals surface area contributed by atoms with E-state index in [-0.39, 0.29) is 0 Å². The molecule has 0 saturated carbocycles. The molecule has 4 heteroatoms. The highest BCUT2D eigenvalue weighted by molar-refractivity contribution is 5.73. The minimum Gasteiger partial charge on any atom is -0.259 e. The summed E-state index contributed by atoms with van der Waals surface area (Å²) in [6.07, 6.45) is 1.80. The maximum Gasteiger partial charge on any atom is 0.131 e. The summed E-state index contributed by atoms with van der Waals surface area (Å²) in [5.41, 5.74) is 3.04. The Labute approximate surface area is 83.0 Å². The van der Waals surface area contributed by atoms with E-state index >= 15 is 0 Å². The molecule has 0 atom stereocenters. The highest BCUT2D eigenvalue weighted by atomic mass is 15.4. The zero-order valence-electron chi connectivity index (χ0n) is 8.73. The number of aryl methyl sites for hydroxylation is 1. The molecule has 2 rings (SSSR count). The number of pyridine rings is 1. The molecule has 2 aromatic rings. The topological polar surface area (TPSA) is 43.6 Å². The smallest absolute Gasteiger partial charge is 0.131 e. The fraction of sp³-hybridized carbons (Fsp3) is 0.500. The van der Waals surface area contributed by atoms with Gasteiger partial charge in [-0.05, 0) is 18.9 Å². The summed E-state index contributed by atoms with van der Waals surface area (Å²) >= 11 is 0. The van der Waals surface area contributed by atoms with Gasteiger partial charge in [0.1, 0.15) is 5.52 Å². The van der Waals surface area contributed by atoms with Crippen LogP contribution in [0.5, 0.6) is 0 Å². The lowest BCUT2D eigenvalue weighted by Crippen LogP contribution is -1.98. The molecule has 4 nitrogen and oxygen atoms in total. The first-order chi connectivity index (χ1) is 6.72. The van der Waals surface area contributed by atoms with Crippen LogP contribution in [0.25, 0.3) is 11.0 Å². The van der Waals surface area contributed by atoms with Gasteiger partial charge in [0.15, 0.2) is 0 Å². The van der Waals surface area contributed by atoms with Crippen LogP contribution in [0.15, 0.2) is 12.3 Å². The number of hydrogen-bond donors (Lipinski definition) is 0. The first-order valence-electron chi connectivity index (χ1n) is 4.91. The molecular weight excluding hydrogens is 176 g/mol. The van der Waals surface area contributed by atoms with Crippen molar-refractivity contribution in [2.75, 3.05) is 0 Å². The van der Waals surface area contributed by atoms with Gasteiger partial charge >= 0.3 is 0 Å². The second kappa shape index (κ2) is 3.36. The van der Waals surface area contributed by atoms with E-state index in [1.54, 1.807) is 6.20 Å². The third-order valence-corrected chi connectivity index (χ3v) is 2.31. The molecule has 2 heterocycles. The molecule has 14 heavy (non-hydrogen) atoms. The maximum atomic E-state index is 4.34. The first-order valence-corrected chi connectivity index (χ1v) is 4.91. The maximum absolute atomic E-state index is 4.34. The summed E-state index contributed by atoms with van der Waals surface area (Å²) < 4.78 is 1.89. The summed E-state index contributed by atoms with van der Waals surface area (Å²) in [6, 6.07) is 2.07. The Morgan fingerprint density at radius 3 is 2.86 bits per heavy atom. The summed E-state index contributed by atoms with van der Waals surface area (Å²) in [6.45, 7) is 7.17. The highest BCUT2D eigenvalue weighted by Gasteiger charge is 2.06. The zero-order chi connectivity index (χ0) is 10.1. The molecule has 0 saturated heterocycles. The summed E-state index contributed by atoms with van der Waals surface area (Å²) in [5, 5.41) is 8.08. The van der Waals surface area contributed by atoms with Gasteiger partial charge in [-0.3, -0.25) is 4.98 Å². The number of nitrogens with zero attached hydrogens (tertiary/aromatic N) is 4. The largest absolute Gasteiger partial charge is 0.259 e. The lowest BCUT2D eigenvalue weighted by Gasteiger charge is -2.03. The number of hydrogen-bond acceptors (Lipinski definition) is 3. The Morgan fingerprint density at radius 2 is 2.21 bits per heavy atom. The van der Waals surface area contributed by atoms with Gasteiger partial charge in [-0.1, -0.05) is 19.1 Å². The van der Waals surface area contributed by atoms with Crippen LogP contribution in [-0.2, 0) is 6.54 Å². The fourth-order valence-corrected chi connectivity index (χ4v) is 1.44. The lowest BCUT2D eigenvalue weighted by molar-refractivity contribution is 0.646. The van der Waals surface area contributed by atoms with E-state index in [0.717, 1.165) is 23.3 Å². The van der Waals surface area contributed by atoms with E-state index in [0.29, 0.717) is 5.92 Å². The van der Waals surface area contributed by atoms with E-state index in [2.05, 4.69) is 42.1 Å². The van der Waals surface area contributed by atoms with Gasteiger partial charge in [0, 0.05) is 12.2 Å². The average molecular weight is 190 g/mol. The van der Waals surface area contributed by atoms with Crippen LogP contribution in [0.2, 0.25) is 0 Å². The minimum atomic E-state index is 0.444. The molecule has 0 amide bonds. The first kappa shape index (κ1) is 9.12. The molecule has 0 spiro atoms. The molecule has 0 radical (unpaired) electrons. The molecule has 0 fully saturated rings. The van der Waals surface area contributed by atoms with Gasteiger partial charge < -0.3 is 0 Å². The van der Waals surface area contributed by atoms with Crippen LogP contribution in [0.4, 0.5) is 0 Å². The van der Waals surface area contributed by atoms with Crippen LogP contribution in [-0.4, -0.2) is 20.0 Å². The van der Waals surface area contributed by atoms with Crippen LogP contribution in [0.3, 0.4) is 0 Å². The Hall–Kier alpha value is -1.45. The number of rotatable bonds is 2. The van der Waals surface area contributed by atoms with Crippen molar-refractivity contribution >= 4 is 11.0 Å². The quantitative estimate of drug-likeness (QED) is 0.727. The van der Waals surface area contributed by atoms with Crippen molar-refractivity contribution in [3.63, 3.8) is 0 Å². The van der Waals surface area contributed by atoms with Crippen molar-refractivity contribution in [1.29, 1.82) is 0 Å². The summed E-state index contributed by atoms with van der Waals surface area (Å²) in [5.74, 6) is 0.444. The van der Waals surface area contributed by atoms with Gasteiger partial charge in [0.05, 0.1) is 11.7 Å². The van der Waals surface area contributed by atoms with E-state index in [1.807, 2.05) is 4.68 Å². The molecule has 74 valence electrons. The van der Waals surface area contributed by atoms with Gasteiger partial charge in [0.25, 0.3) is 0 Å². The monoisotopic (exact) mass is 190 g/mol. The van der Waals surface area contributed by atoms with Crippen LogP contribution >= 0.6 is 0 Å². The standard InChI is InChI=1S/C10H14N4/c1-4-14-10-5-8(7(2)3)11-6-9(10)12-13-14/h5-7H,4H2,1-3H3. The second-order valence-electron chi connectivity index (χ2n) is 3.66. The normalized spacial score (nSPS) is 11.4. The van der Waals surface area contributed by atoms with Crippen LogP contribution in [0, 0.1) is 0 Å². The number of aromatic nitrogens is 4. The fourth-order valence-electron chi connectivity index (χ4n) is 1.44. The Morgan fingerprint density at radius 1 is 1.43 bits per heavy atom. The summed E-state index contributed by atoms with van der Waals surface area (Å²) in [7, 11) is 0. The average Bonchev–Trinajstić information content (AvgIpc) is 2.59. The van der Waals surface area contributed by atoms with E-state index in [9.17, 15) is 0 Å².